The first kappa shape index (κ1) is 14.9. The lowest BCUT2D eigenvalue weighted by Crippen LogP contribution is -2.26. The summed E-state index contributed by atoms with van der Waals surface area (Å²) in [6.45, 7) is 0. The van der Waals surface area contributed by atoms with E-state index in [1.807, 2.05) is 18.3 Å². The van der Waals surface area contributed by atoms with Gasteiger partial charge in [-0.25, -0.2) is 4.98 Å². The topological polar surface area (TPSA) is 57.8 Å². The monoisotopic (exact) mass is 319 g/mol. The Bertz CT molecular complexity index is 832. The summed E-state index contributed by atoms with van der Waals surface area (Å²) in [7, 11) is 0. The number of aromatic amines is 1. The number of aromatic nitrogens is 2. The lowest BCUT2D eigenvalue weighted by Gasteiger charge is -2.28. The van der Waals surface area contributed by atoms with Crippen LogP contribution in [0.2, 0.25) is 0 Å². The molecule has 0 spiro atoms. The highest BCUT2D eigenvalue weighted by Gasteiger charge is 2.27. The molecule has 4 nitrogen and oxygen atoms in total. The molecule has 0 radical (unpaired) electrons. The third-order valence-corrected chi connectivity index (χ3v) is 5.08. The quantitative estimate of drug-likeness (QED) is 0.748. The van der Waals surface area contributed by atoms with E-state index in [1.165, 1.54) is 5.56 Å². The molecule has 1 aliphatic carbocycles. The molecule has 3 aromatic rings. The number of carbonyl (C=O) groups excluding carboxylic acids is 1. The van der Waals surface area contributed by atoms with Crippen molar-refractivity contribution < 1.29 is 4.79 Å². The Morgan fingerprint density at radius 2 is 1.83 bits per heavy atom. The molecule has 2 aromatic heterocycles. The standard InChI is InChI=1S/C20H21N3O/c24-20(23-18-13-22-19-17(18)7-4-12-21-19)16-10-8-15(9-11-16)14-5-2-1-3-6-14/h1-7,12-13,15-16H,8-11H2,(H,21,22)(H,23,24). The molecule has 0 bridgehead atoms. The Kier molecular flexibility index (Phi) is 4.03. The molecule has 4 heteroatoms. The number of H-pyrrole nitrogens is 1. The Morgan fingerprint density at radius 3 is 2.62 bits per heavy atom. The lowest BCUT2D eigenvalue weighted by atomic mass is 9.78. The lowest BCUT2D eigenvalue weighted by molar-refractivity contribution is -0.120. The number of pyridine rings is 1. The fourth-order valence-electron chi connectivity index (χ4n) is 3.71. The molecule has 0 saturated heterocycles. The van der Waals surface area contributed by atoms with Gasteiger partial charge in [-0.1, -0.05) is 30.3 Å². The van der Waals surface area contributed by atoms with Gasteiger partial charge < -0.3 is 10.3 Å². The van der Waals surface area contributed by atoms with Gasteiger partial charge in [0.15, 0.2) is 0 Å². The number of benzene rings is 1. The third-order valence-electron chi connectivity index (χ3n) is 5.08. The second-order valence-corrected chi connectivity index (χ2v) is 6.55. The molecule has 0 aliphatic heterocycles. The molecule has 24 heavy (non-hydrogen) atoms. The smallest absolute Gasteiger partial charge is 0.227 e. The normalized spacial score (nSPS) is 20.8. The first-order chi connectivity index (χ1) is 11.8. The second-order valence-electron chi connectivity index (χ2n) is 6.55. The van der Waals surface area contributed by atoms with Crippen molar-refractivity contribution in [3.63, 3.8) is 0 Å². The van der Waals surface area contributed by atoms with E-state index in [-0.39, 0.29) is 11.8 Å². The molecule has 1 fully saturated rings. The molecule has 2 N–H and O–H groups in total. The van der Waals surface area contributed by atoms with Crippen LogP contribution in [-0.2, 0) is 4.79 Å². The average molecular weight is 319 g/mol. The molecule has 1 amide bonds. The van der Waals surface area contributed by atoms with E-state index >= 15 is 0 Å². The van der Waals surface area contributed by atoms with E-state index in [1.54, 1.807) is 6.20 Å². The molecular weight excluding hydrogens is 298 g/mol. The molecule has 122 valence electrons. The number of carbonyl (C=O) groups is 1. The molecule has 1 saturated carbocycles. The van der Waals surface area contributed by atoms with Gasteiger partial charge in [0.2, 0.25) is 5.91 Å². The van der Waals surface area contributed by atoms with Crippen molar-refractivity contribution in [1.82, 2.24) is 9.97 Å². The van der Waals surface area contributed by atoms with Crippen molar-refractivity contribution in [3.05, 3.63) is 60.4 Å². The van der Waals surface area contributed by atoms with Crippen molar-refractivity contribution in [1.29, 1.82) is 0 Å². The highest BCUT2D eigenvalue weighted by molar-refractivity contribution is 6.01. The van der Waals surface area contributed by atoms with Crippen molar-refractivity contribution in [2.45, 2.75) is 31.6 Å². The Labute approximate surface area is 141 Å². The Hall–Kier alpha value is -2.62. The molecule has 4 rings (SSSR count). The van der Waals surface area contributed by atoms with Gasteiger partial charge in [0.25, 0.3) is 0 Å². The maximum absolute atomic E-state index is 12.6. The van der Waals surface area contributed by atoms with Crippen molar-refractivity contribution in [3.8, 4) is 0 Å². The van der Waals surface area contributed by atoms with Crippen LogP contribution in [0.1, 0.15) is 37.2 Å². The minimum atomic E-state index is 0.103. The highest BCUT2D eigenvalue weighted by atomic mass is 16.1. The maximum Gasteiger partial charge on any atom is 0.227 e. The summed E-state index contributed by atoms with van der Waals surface area (Å²) in [5.41, 5.74) is 3.04. The summed E-state index contributed by atoms with van der Waals surface area (Å²) >= 11 is 0. The zero-order valence-corrected chi connectivity index (χ0v) is 13.5. The number of fused-ring (bicyclic) bond motifs is 1. The zero-order chi connectivity index (χ0) is 16.4. The largest absolute Gasteiger partial charge is 0.344 e. The minimum Gasteiger partial charge on any atom is -0.344 e. The van der Waals surface area contributed by atoms with Gasteiger partial charge >= 0.3 is 0 Å². The van der Waals surface area contributed by atoms with Gasteiger partial charge in [-0.05, 0) is 49.3 Å². The summed E-state index contributed by atoms with van der Waals surface area (Å²) in [6.07, 6.45) is 7.63. The van der Waals surface area contributed by atoms with Crippen LogP contribution in [0.15, 0.2) is 54.9 Å². The highest BCUT2D eigenvalue weighted by Crippen LogP contribution is 2.36. The SMILES string of the molecule is O=C(Nc1c[nH]c2ncccc12)C1CCC(c2ccccc2)CC1. The van der Waals surface area contributed by atoms with Crippen LogP contribution in [0.25, 0.3) is 11.0 Å². The van der Waals surface area contributed by atoms with Gasteiger partial charge in [-0.2, -0.15) is 0 Å². The Morgan fingerprint density at radius 1 is 1.04 bits per heavy atom. The van der Waals surface area contributed by atoms with E-state index in [2.05, 4.69) is 45.6 Å². The van der Waals surface area contributed by atoms with Crippen LogP contribution >= 0.6 is 0 Å². The van der Waals surface area contributed by atoms with E-state index in [9.17, 15) is 4.79 Å². The number of hydrogen-bond donors (Lipinski definition) is 2. The fraction of sp³-hybridized carbons (Fsp3) is 0.300. The van der Waals surface area contributed by atoms with Crippen LogP contribution in [0.5, 0.6) is 0 Å². The zero-order valence-electron chi connectivity index (χ0n) is 13.5. The summed E-state index contributed by atoms with van der Waals surface area (Å²) < 4.78 is 0. The van der Waals surface area contributed by atoms with Crippen molar-refractivity contribution >= 4 is 22.6 Å². The molecule has 1 aromatic carbocycles. The second kappa shape index (κ2) is 6.48. The van der Waals surface area contributed by atoms with Gasteiger partial charge in [-0.15, -0.1) is 0 Å². The number of nitrogens with one attached hydrogen (secondary N) is 2. The first-order valence-electron chi connectivity index (χ1n) is 8.59. The number of nitrogens with zero attached hydrogens (tertiary/aromatic N) is 1. The molecule has 0 unspecified atom stereocenters. The van der Waals surface area contributed by atoms with Gasteiger partial charge in [-0.3, -0.25) is 4.79 Å². The first-order valence-corrected chi connectivity index (χ1v) is 8.59. The number of rotatable bonds is 3. The molecule has 2 heterocycles. The predicted molar refractivity (Wildman–Crippen MR) is 95.9 cm³/mol. The maximum atomic E-state index is 12.6. The molecular formula is C20H21N3O. The van der Waals surface area contributed by atoms with Crippen LogP contribution < -0.4 is 5.32 Å². The number of anilines is 1. The van der Waals surface area contributed by atoms with Gasteiger partial charge in [0, 0.05) is 23.7 Å². The number of hydrogen-bond acceptors (Lipinski definition) is 2. The molecule has 1 aliphatic rings. The van der Waals surface area contributed by atoms with Crippen LogP contribution in [0.3, 0.4) is 0 Å². The van der Waals surface area contributed by atoms with Crippen molar-refractivity contribution in [2.75, 3.05) is 5.32 Å². The summed E-state index contributed by atoms with van der Waals surface area (Å²) in [5, 5.41) is 4.04. The van der Waals surface area contributed by atoms with Gasteiger partial charge in [0.1, 0.15) is 5.65 Å². The van der Waals surface area contributed by atoms with Crippen LogP contribution in [0, 0.1) is 5.92 Å². The minimum absolute atomic E-state index is 0.103. The predicted octanol–water partition coefficient (Wildman–Crippen LogP) is 4.48. The summed E-state index contributed by atoms with van der Waals surface area (Å²) in [6, 6.07) is 14.5. The third kappa shape index (κ3) is 2.92. The summed E-state index contributed by atoms with van der Waals surface area (Å²) in [4.78, 5) is 20.0. The van der Waals surface area contributed by atoms with E-state index in [0.29, 0.717) is 5.92 Å². The van der Waals surface area contributed by atoms with Crippen LogP contribution in [-0.4, -0.2) is 15.9 Å². The van der Waals surface area contributed by atoms with E-state index in [0.717, 1.165) is 42.4 Å². The summed E-state index contributed by atoms with van der Waals surface area (Å²) in [5.74, 6) is 0.824. The fourth-order valence-corrected chi connectivity index (χ4v) is 3.71. The molecule has 0 atom stereocenters. The van der Waals surface area contributed by atoms with Crippen LogP contribution in [0.4, 0.5) is 5.69 Å². The number of amides is 1. The van der Waals surface area contributed by atoms with Gasteiger partial charge in [0.05, 0.1) is 5.69 Å². The van der Waals surface area contributed by atoms with E-state index in [4.69, 9.17) is 0 Å². The Balaban J connectivity index is 1.40. The van der Waals surface area contributed by atoms with E-state index < -0.39 is 0 Å². The average Bonchev–Trinajstić information content (AvgIpc) is 3.06. The van der Waals surface area contributed by atoms with Crippen molar-refractivity contribution in [2.24, 2.45) is 5.92 Å².